The number of carbonyl (C=O) groups excluding carboxylic acids is 1. The molecule has 2 rings (SSSR count). The van der Waals surface area contributed by atoms with Gasteiger partial charge in [-0.15, -0.1) is 0 Å². The third-order valence-corrected chi connectivity index (χ3v) is 2.82. The molecule has 4 heteroatoms. The molecular formula is C11H12ClNO2. The van der Waals surface area contributed by atoms with Crippen molar-refractivity contribution in [1.82, 2.24) is 0 Å². The second kappa shape index (κ2) is 4.11. The van der Waals surface area contributed by atoms with Crippen LogP contribution in [0.15, 0.2) is 18.2 Å². The normalized spacial score (nSPS) is 18.9. The molecular weight excluding hydrogens is 214 g/mol. The molecule has 3 nitrogen and oxygen atoms in total. The minimum Gasteiger partial charge on any atom is -0.467 e. The van der Waals surface area contributed by atoms with Gasteiger partial charge >= 0.3 is 5.97 Å². The Kier molecular flexibility index (Phi) is 2.82. The summed E-state index contributed by atoms with van der Waals surface area (Å²) in [7, 11) is 1.40. The summed E-state index contributed by atoms with van der Waals surface area (Å²) in [4.78, 5) is 11.3. The lowest BCUT2D eigenvalue weighted by atomic mass is 9.98. The average Bonchev–Trinajstić information content (AvgIpc) is 2.27. The van der Waals surface area contributed by atoms with Crippen LogP contribution in [0.4, 0.5) is 5.69 Å². The molecule has 80 valence electrons. The second-order valence-corrected chi connectivity index (χ2v) is 4.00. The van der Waals surface area contributed by atoms with E-state index in [1.54, 1.807) is 0 Å². The number of nitrogens with one attached hydrogen (secondary N) is 1. The lowest BCUT2D eigenvalue weighted by molar-refractivity contribution is -0.141. The second-order valence-electron chi connectivity index (χ2n) is 3.56. The van der Waals surface area contributed by atoms with E-state index in [0.717, 1.165) is 18.5 Å². The van der Waals surface area contributed by atoms with E-state index < -0.39 is 0 Å². The van der Waals surface area contributed by atoms with Crippen LogP contribution in [0.25, 0.3) is 0 Å². The first-order valence-corrected chi connectivity index (χ1v) is 5.21. The fraction of sp³-hybridized carbons (Fsp3) is 0.364. The van der Waals surface area contributed by atoms with E-state index in [4.69, 9.17) is 16.3 Å². The first kappa shape index (κ1) is 10.3. The molecule has 0 fully saturated rings. The van der Waals surface area contributed by atoms with Crippen LogP contribution in [0, 0.1) is 0 Å². The van der Waals surface area contributed by atoms with Gasteiger partial charge in [0.15, 0.2) is 0 Å². The van der Waals surface area contributed by atoms with Crippen LogP contribution in [-0.2, 0) is 16.0 Å². The number of fused-ring (bicyclic) bond motifs is 1. The number of hydrogen-bond donors (Lipinski definition) is 1. The molecule has 0 aromatic heterocycles. The standard InChI is InChI=1S/C11H12ClNO2/c1-15-11(14)9-5-3-7-2-4-8(12)6-10(7)13-9/h2,4,6,9,13H,3,5H2,1H3. The monoisotopic (exact) mass is 225 g/mol. The van der Waals surface area contributed by atoms with E-state index in [-0.39, 0.29) is 12.0 Å². The summed E-state index contributed by atoms with van der Waals surface area (Å²) in [6.45, 7) is 0. The minimum absolute atomic E-state index is 0.222. The first-order chi connectivity index (χ1) is 7.20. The van der Waals surface area contributed by atoms with E-state index in [1.807, 2.05) is 18.2 Å². The Balaban J connectivity index is 2.22. The number of hydrogen-bond acceptors (Lipinski definition) is 3. The summed E-state index contributed by atoms with van der Waals surface area (Å²) in [6.07, 6.45) is 1.64. The molecule has 0 aliphatic carbocycles. The number of methoxy groups -OCH3 is 1. The maximum atomic E-state index is 11.3. The summed E-state index contributed by atoms with van der Waals surface area (Å²) < 4.78 is 4.70. The molecule has 0 saturated heterocycles. The van der Waals surface area contributed by atoms with Gasteiger partial charge in [-0.05, 0) is 30.5 Å². The number of halogens is 1. The smallest absolute Gasteiger partial charge is 0.328 e. The summed E-state index contributed by atoms with van der Waals surface area (Å²) in [6, 6.07) is 5.44. The fourth-order valence-electron chi connectivity index (χ4n) is 1.78. The molecule has 1 aromatic rings. The lowest BCUT2D eigenvalue weighted by Crippen LogP contribution is -2.34. The van der Waals surface area contributed by atoms with Crippen molar-refractivity contribution in [2.75, 3.05) is 12.4 Å². The van der Waals surface area contributed by atoms with Crippen molar-refractivity contribution in [1.29, 1.82) is 0 Å². The highest BCUT2D eigenvalue weighted by molar-refractivity contribution is 6.30. The molecule has 1 aromatic carbocycles. The number of rotatable bonds is 1. The Morgan fingerprint density at radius 1 is 1.60 bits per heavy atom. The number of anilines is 1. The largest absolute Gasteiger partial charge is 0.467 e. The molecule has 1 aliphatic heterocycles. The Hall–Kier alpha value is -1.22. The fourth-order valence-corrected chi connectivity index (χ4v) is 1.95. The van der Waals surface area contributed by atoms with E-state index in [2.05, 4.69) is 5.32 Å². The lowest BCUT2D eigenvalue weighted by Gasteiger charge is -2.25. The molecule has 1 atom stereocenters. The zero-order chi connectivity index (χ0) is 10.8. The molecule has 1 N–H and O–H groups in total. The summed E-state index contributed by atoms with van der Waals surface area (Å²) >= 11 is 5.88. The summed E-state index contributed by atoms with van der Waals surface area (Å²) in [5.41, 5.74) is 2.13. The van der Waals surface area contributed by atoms with Crippen molar-refractivity contribution < 1.29 is 9.53 Å². The van der Waals surface area contributed by atoms with Crippen LogP contribution in [0.5, 0.6) is 0 Å². The maximum Gasteiger partial charge on any atom is 0.328 e. The molecule has 1 unspecified atom stereocenters. The van der Waals surface area contributed by atoms with E-state index in [1.165, 1.54) is 12.7 Å². The van der Waals surface area contributed by atoms with Gasteiger partial charge in [0, 0.05) is 10.7 Å². The molecule has 0 bridgehead atoms. The van der Waals surface area contributed by atoms with Crippen LogP contribution >= 0.6 is 11.6 Å². The zero-order valence-corrected chi connectivity index (χ0v) is 9.17. The Morgan fingerprint density at radius 2 is 2.40 bits per heavy atom. The van der Waals surface area contributed by atoms with Crippen molar-refractivity contribution in [3.63, 3.8) is 0 Å². The molecule has 0 spiro atoms. The summed E-state index contributed by atoms with van der Waals surface area (Å²) in [5.74, 6) is -0.222. The number of benzene rings is 1. The molecule has 1 aliphatic rings. The van der Waals surface area contributed by atoms with Gasteiger partial charge in [-0.1, -0.05) is 17.7 Å². The third kappa shape index (κ3) is 2.07. The van der Waals surface area contributed by atoms with Gasteiger partial charge in [-0.3, -0.25) is 0 Å². The van der Waals surface area contributed by atoms with Gasteiger partial charge in [0.1, 0.15) is 6.04 Å². The van der Waals surface area contributed by atoms with Gasteiger partial charge in [0.2, 0.25) is 0 Å². The van der Waals surface area contributed by atoms with Crippen molar-refractivity contribution in [2.24, 2.45) is 0 Å². The molecule has 0 radical (unpaired) electrons. The van der Waals surface area contributed by atoms with Gasteiger partial charge in [0.25, 0.3) is 0 Å². The highest BCUT2D eigenvalue weighted by atomic mass is 35.5. The molecule has 0 amide bonds. The Morgan fingerprint density at radius 3 is 3.13 bits per heavy atom. The number of esters is 1. The van der Waals surface area contributed by atoms with Gasteiger partial charge < -0.3 is 10.1 Å². The predicted octanol–water partition coefficient (Wildman–Crippen LogP) is 2.24. The minimum atomic E-state index is -0.249. The van der Waals surface area contributed by atoms with Crippen LogP contribution in [-0.4, -0.2) is 19.1 Å². The third-order valence-electron chi connectivity index (χ3n) is 2.59. The highest BCUT2D eigenvalue weighted by Crippen LogP contribution is 2.27. The first-order valence-electron chi connectivity index (χ1n) is 4.83. The quantitative estimate of drug-likeness (QED) is 0.745. The SMILES string of the molecule is COC(=O)C1CCc2ccc(Cl)cc2N1. The van der Waals surface area contributed by atoms with E-state index in [9.17, 15) is 4.79 Å². The molecule has 1 heterocycles. The Labute approximate surface area is 93.4 Å². The molecule has 15 heavy (non-hydrogen) atoms. The summed E-state index contributed by atoms with van der Waals surface area (Å²) in [5, 5.41) is 3.80. The van der Waals surface area contributed by atoms with Gasteiger partial charge in [0.05, 0.1) is 7.11 Å². The highest BCUT2D eigenvalue weighted by Gasteiger charge is 2.24. The maximum absolute atomic E-state index is 11.3. The topological polar surface area (TPSA) is 38.3 Å². The predicted molar refractivity (Wildman–Crippen MR) is 59.2 cm³/mol. The van der Waals surface area contributed by atoms with Crippen molar-refractivity contribution in [3.05, 3.63) is 28.8 Å². The van der Waals surface area contributed by atoms with Gasteiger partial charge in [-0.25, -0.2) is 4.79 Å². The van der Waals surface area contributed by atoms with Crippen molar-refractivity contribution >= 4 is 23.3 Å². The van der Waals surface area contributed by atoms with E-state index >= 15 is 0 Å². The van der Waals surface area contributed by atoms with Crippen molar-refractivity contribution in [2.45, 2.75) is 18.9 Å². The van der Waals surface area contributed by atoms with Gasteiger partial charge in [-0.2, -0.15) is 0 Å². The zero-order valence-electron chi connectivity index (χ0n) is 8.42. The van der Waals surface area contributed by atoms with Crippen LogP contribution in [0.1, 0.15) is 12.0 Å². The van der Waals surface area contributed by atoms with Crippen LogP contribution in [0.2, 0.25) is 5.02 Å². The number of ether oxygens (including phenoxy) is 1. The Bertz CT molecular complexity index is 392. The van der Waals surface area contributed by atoms with Crippen LogP contribution < -0.4 is 5.32 Å². The average molecular weight is 226 g/mol. The van der Waals surface area contributed by atoms with Crippen LogP contribution in [0.3, 0.4) is 0 Å². The van der Waals surface area contributed by atoms with E-state index in [0.29, 0.717) is 5.02 Å². The number of carbonyl (C=O) groups is 1. The molecule has 0 saturated carbocycles. The van der Waals surface area contributed by atoms with Crippen molar-refractivity contribution in [3.8, 4) is 0 Å². The number of aryl methyl sites for hydroxylation is 1.